The predicted molar refractivity (Wildman–Crippen MR) is 56.5 cm³/mol. The van der Waals surface area contributed by atoms with E-state index in [1.165, 1.54) is 0 Å². The van der Waals surface area contributed by atoms with Crippen LogP contribution in [0, 0.1) is 0 Å². The van der Waals surface area contributed by atoms with Gasteiger partial charge in [0.1, 0.15) is 26.2 Å². The summed E-state index contributed by atoms with van der Waals surface area (Å²) in [6.07, 6.45) is -0.303. The molecular formula is C9H20NO8+. The lowest BCUT2D eigenvalue weighted by Gasteiger charge is -2.28. The Labute approximate surface area is 104 Å². The van der Waals surface area contributed by atoms with Gasteiger partial charge in [0, 0.05) is 0 Å². The van der Waals surface area contributed by atoms with Gasteiger partial charge in [0.2, 0.25) is 0 Å². The van der Waals surface area contributed by atoms with Gasteiger partial charge in [-0.05, 0) is 0 Å². The van der Waals surface area contributed by atoms with Gasteiger partial charge in [-0.2, -0.15) is 0 Å². The van der Waals surface area contributed by atoms with Gasteiger partial charge in [0.15, 0.2) is 6.54 Å². The fourth-order valence-corrected chi connectivity index (χ4v) is 1.08. The van der Waals surface area contributed by atoms with E-state index >= 15 is 0 Å². The fourth-order valence-electron chi connectivity index (χ4n) is 1.08. The van der Waals surface area contributed by atoms with Crippen LogP contribution in [0.5, 0.6) is 0 Å². The van der Waals surface area contributed by atoms with Crippen LogP contribution in [0.15, 0.2) is 0 Å². The highest BCUT2D eigenvalue weighted by atomic mass is 17.2. The molecule has 0 fully saturated rings. The maximum absolute atomic E-state index is 10.5. The number of hydrogen-bond acceptors (Lipinski definition) is 7. The molecule has 0 aliphatic carbocycles. The van der Waals surface area contributed by atoms with Crippen LogP contribution in [0.1, 0.15) is 6.42 Å². The number of hydroxylamine groups is 3. The van der Waals surface area contributed by atoms with Crippen molar-refractivity contribution in [2.75, 3.05) is 46.2 Å². The van der Waals surface area contributed by atoms with Gasteiger partial charge in [-0.15, -0.1) is 14.5 Å². The van der Waals surface area contributed by atoms with Gasteiger partial charge in [-0.1, -0.05) is 0 Å². The van der Waals surface area contributed by atoms with Gasteiger partial charge < -0.3 is 20.4 Å². The summed E-state index contributed by atoms with van der Waals surface area (Å²) in [5, 5.41) is 34.7. The molecule has 4 N–H and O–H groups in total. The number of carbonyl (C=O) groups is 1. The van der Waals surface area contributed by atoms with E-state index in [4.69, 9.17) is 34.9 Å². The third-order valence-corrected chi connectivity index (χ3v) is 1.74. The average molecular weight is 270 g/mol. The SMILES string of the molecule is O=C(O)CC[N+](OCCO)(OCCO)OCCO. The second kappa shape index (κ2) is 10.1. The topological polar surface area (TPSA) is 126 Å². The van der Waals surface area contributed by atoms with Crippen molar-refractivity contribution in [1.82, 2.24) is 0 Å². The van der Waals surface area contributed by atoms with Crippen molar-refractivity contribution in [2.24, 2.45) is 0 Å². The molecule has 0 saturated heterocycles. The molecule has 108 valence electrons. The summed E-state index contributed by atoms with van der Waals surface area (Å²) in [5.74, 6) is -1.08. The van der Waals surface area contributed by atoms with Crippen molar-refractivity contribution < 1.29 is 44.7 Å². The molecule has 0 unspecified atom stereocenters. The zero-order chi connectivity index (χ0) is 13.9. The lowest BCUT2D eigenvalue weighted by molar-refractivity contribution is -1.37. The van der Waals surface area contributed by atoms with E-state index in [1.807, 2.05) is 0 Å². The summed E-state index contributed by atoms with van der Waals surface area (Å²) in [5.41, 5.74) is 0. The van der Waals surface area contributed by atoms with E-state index < -0.39 is 10.9 Å². The first kappa shape index (κ1) is 17.2. The van der Waals surface area contributed by atoms with Crippen molar-refractivity contribution in [3.8, 4) is 0 Å². The van der Waals surface area contributed by atoms with E-state index in [1.54, 1.807) is 0 Å². The maximum atomic E-state index is 10.5. The lowest BCUT2D eigenvalue weighted by atomic mass is 10.4. The van der Waals surface area contributed by atoms with Crippen LogP contribution in [0.25, 0.3) is 0 Å². The minimum Gasteiger partial charge on any atom is -0.481 e. The molecule has 0 saturated carbocycles. The maximum Gasteiger partial charge on any atom is 0.309 e. The number of hydrogen-bond donors (Lipinski definition) is 4. The Hall–Kier alpha value is -0.810. The number of carboxylic acid groups (broad SMARTS) is 1. The molecule has 0 amide bonds. The standard InChI is InChI=1S/C9H19NO8/c11-3-6-16-10(17-7-4-12,18-8-5-13)2-1-9(14)15/h11-13H,1-8H2/p+1. The number of aliphatic hydroxyl groups excluding tert-OH is 3. The zero-order valence-electron chi connectivity index (χ0n) is 10.0. The normalized spacial score (nSPS) is 11.7. The summed E-state index contributed by atoms with van der Waals surface area (Å²) in [7, 11) is 0. The second-order valence-electron chi connectivity index (χ2n) is 3.15. The van der Waals surface area contributed by atoms with Crippen LogP contribution in [-0.2, 0) is 19.3 Å². The fraction of sp³-hybridized carbons (Fsp3) is 0.889. The van der Waals surface area contributed by atoms with Crippen LogP contribution in [0.3, 0.4) is 0 Å². The minimum absolute atomic E-state index is 0.142. The van der Waals surface area contributed by atoms with E-state index in [2.05, 4.69) is 0 Å². The molecule has 0 aromatic heterocycles. The Morgan fingerprint density at radius 3 is 1.56 bits per heavy atom. The average Bonchev–Trinajstić information content (AvgIpc) is 2.37. The molecule has 0 aromatic rings. The third kappa shape index (κ3) is 7.50. The molecule has 0 radical (unpaired) electrons. The first-order chi connectivity index (χ1) is 8.60. The minimum atomic E-state index is -1.08. The number of rotatable bonds is 12. The summed E-state index contributed by atoms with van der Waals surface area (Å²) in [6.45, 7) is -1.53. The number of quaternary nitrogens is 1. The van der Waals surface area contributed by atoms with Gasteiger partial charge in [0.25, 0.3) is 0 Å². The highest BCUT2D eigenvalue weighted by molar-refractivity contribution is 5.66. The summed E-state index contributed by atoms with van der Waals surface area (Å²) < 4.78 is 0. The summed E-state index contributed by atoms with van der Waals surface area (Å²) in [4.78, 5) is 24.9. The molecular weight excluding hydrogens is 250 g/mol. The first-order valence-electron chi connectivity index (χ1n) is 5.46. The van der Waals surface area contributed by atoms with Crippen LogP contribution in [-0.4, -0.2) is 77.6 Å². The third-order valence-electron chi connectivity index (χ3n) is 1.74. The largest absolute Gasteiger partial charge is 0.481 e. The molecule has 0 spiro atoms. The summed E-state index contributed by atoms with van der Waals surface area (Å²) >= 11 is 0. The molecule has 0 aromatic carbocycles. The van der Waals surface area contributed by atoms with Crippen molar-refractivity contribution in [1.29, 1.82) is 0 Å². The van der Waals surface area contributed by atoms with Crippen molar-refractivity contribution >= 4 is 5.97 Å². The Balaban J connectivity index is 4.55. The molecule has 9 nitrogen and oxygen atoms in total. The monoisotopic (exact) mass is 270 g/mol. The number of carboxylic acids is 1. The second-order valence-corrected chi connectivity index (χ2v) is 3.15. The zero-order valence-corrected chi connectivity index (χ0v) is 10.0. The van der Waals surface area contributed by atoms with E-state index in [9.17, 15) is 4.79 Å². The van der Waals surface area contributed by atoms with E-state index in [-0.39, 0.29) is 52.6 Å². The van der Waals surface area contributed by atoms with Gasteiger partial charge in [-0.3, -0.25) is 4.79 Å². The Kier molecular flexibility index (Phi) is 9.69. The van der Waals surface area contributed by atoms with Crippen LogP contribution < -0.4 is 0 Å². The molecule has 0 bridgehead atoms. The van der Waals surface area contributed by atoms with Crippen LogP contribution >= 0.6 is 0 Å². The Bertz CT molecular complexity index is 203. The number of nitrogens with zero attached hydrogens (tertiary/aromatic N) is 1. The van der Waals surface area contributed by atoms with Gasteiger partial charge in [-0.25, -0.2) is 0 Å². The number of aliphatic hydroxyl groups is 3. The molecule has 9 heteroatoms. The molecule has 0 atom stereocenters. The van der Waals surface area contributed by atoms with Crippen LogP contribution in [0.4, 0.5) is 0 Å². The van der Waals surface area contributed by atoms with Crippen molar-refractivity contribution in [2.45, 2.75) is 6.42 Å². The highest BCUT2D eigenvalue weighted by Gasteiger charge is 2.35. The number of aliphatic carboxylic acids is 1. The van der Waals surface area contributed by atoms with Crippen molar-refractivity contribution in [3.05, 3.63) is 0 Å². The Morgan fingerprint density at radius 1 is 0.889 bits per heavy atom. The molecule has 0 heterocycles. The van der Waals surface area contributed by atoms with Crippen molar-refractivity contribution in [3.63, 3.8) is 0 Å². The first-order valence-corrected chi connectivity index (χ1v) is 5.46. The highest BCUT2D eigenvalue weighted by Crippen LogP contribution is 2.13. The Morgan fingerprint density at radius 2 is 1.28 bits per heavy atom. The predicted octanol–water partition coefficient (Wildman–Crippen LogP) is -1.95. The van der Waals surface area contributed by atoms with Gasteiger partial charge >= 0.3 is 5.97 Å². The smallest absolute Gasteiger partial charge is 0.309 e. The molecule has 18 heavy (non-hydrogen) atoms. The van der Waals surface area contributed by atoms with E-state index in [0.29, 0.717) is 0 Å². The molecule has 0 aliphatic rings. The van der Waals surface area contributed by atoms with E-state index in [0.717, 1.165) is 0 Å². The molecule has 0 aliphatic heterocycles. The quantitative estimate of drug-likeness (QED) is 0.238. The van der Waals surface area contributed by atoms with Gasteiger partial charge in [0.05, 0.1) is 24.8 Å². The lowest BCUT2D eigenvalue weighted by Crippen LogP contribution is -2.50. The van der Waals surface area contributed by atoms with Crippen LogP contribution in [0.2, 0.25) is 0 Å². The summed E-state index contributed by atoms with van der Waals surface area (Å²) in [6, 6.07) is 0. The molecule has 0 rings (SSSR count).